The highest BCUT2D eigenvalue weighted by Crippen LogP contribution is 2.44. The van der Waals surface area contributed by atoms with Crippen LogP contribution in [0, 0.1) is 5.92 Å². The van der Waals surface area contributed by atoms with E-state index in [-0.39, 0.29) is 5.91 Å². The lowest BCUT2D eigenvalue weighted by molar-refractivity contribution is -0.123. The van der Waals surface area contributed by atoms with Crippen molar-refractivity contribution >= 4 is 35.0 Å². The summed E-state index contributed by atoms with van der Waals surface area (Å²) < 4.78 is 1.25. The fourth-order valence-electron chi connectivity index (χ4n) is 3.40. The third-order valence-corrected chi connectivity index (χ3v) is 5.44. The Morgan fingerprint density at radius 3 is 2.71 bits per heavy atom. The molecule has 1 unspecified atom stereocenters. The number of nitrogens with zero attached hydrogens (tertiary/aromatic N) is 1. The maximum absolute atomic E-state index is 13.1. The predicted molar refractivity (Wildman–Crippen MR) is 97.3 cm³/mol. The minimum absolute atomic E-state index is 0.119. The highest BCUT2D eigenvalue weighted by molar-refractivity contribution is 6.40. The maximum atomic E-state index is 13.1. The number of rotatable bonds is 5. The molecular weight excluding hydrogens is 343 g/mol. The van der Waals surface area contributed by atoms with Gasteiger partial charge in [-0.25, -0.2) is 4.42 Å². The van der Waals surface area contributed by atoms with E-state index in [9.17, 15) is 4.79 Å². The van der Waals surface area contributed by atoms with Crippen molar-refractivity contribution in [1.29, 1.82) is 0 Å². The van der Waals surface area contributed by atoms with E-state index in [2.05, 4.69) is 5.32 Å². The molecule has 1 aliphatic heterocycles. The standard InChI is InChI=1S/C19H18Cl2N2O/c20-15-5-3-4-14(10-15)11-19(22-12-13-8-9-13)16-6-1-2-7-17(16)23(21)18(19)24/h1-7,10,13,22H,8-9,11-12H2. The first-order valence-electron chi connectivity index (χ1n) is 8.19. The Hall–Kier alpha value is -1.55. The van der Waals surface area contributed by atoms with Crippen molar-refractivity contribution in [1.82, 2.24) is 5.32 Å². The van der Waals surface area contributed by atoms with Gasteiger partial charge in [-0.1, -0.05) is 41.9 Å². The van der Waals surface area contributed by atoms with Crippen LogP contribution in [0.25, 0.3) is 0 Å². The fraction of sp³-hybridized carbons (Fsp3) is 0.316. The lowest BCUT2D eigenvalue weighted by Gasteiger charge is -2.29. The van der Waals surface area contributed by atoms with E-state index in [0.29, 0.717) is 17.4 Å². The van der Waals surface area contributed by atoms with Crippen LogP contribution >= 0.6 is 23.4 Å². The highest BCUT2D eigenvalue weighted by Gasteiger charge is 2.51. The van der Waals surface area contributed by atoms with Crippen LogP contribution in [0.1, 0.15) is 24.0 Å². The second-order valence-electron chi connectivity index (χ2n) is 6.64. The maximum Gasteiger partial charge on any atom is 0.266 e. The molecule has 1 aliphatic carbocycles. The first-order chi connectivity index (χ1) is 11.6. The molecule has 1 N–H and O–H groups in total. The van der Waals surface area contributed by atoms with Gasteiger partial charge in [-0.05, 0) is 49.1 Å². The number of hydrogen-bond acceptors (Lipinski definition) is 2. The molecule has 1 amide bonds. The summed E-state index contributed by atoms with van der Waals surface area (Å²) in [5.74, 6) is 0.538. The average Bonchev–Trinajstić information content (AvgIpc) is 3.39. The van der Waals surface area contributed by atoms with Crippen LogP contribution in [0.2, 0.25) is 5.02 Å². The molecule has 24 heavy (non-hydrogen) atoms. The number of anilines is 1. The van der Waals surface area contributed by atoms with Crippen molar-refractivity contribution in [2.45, 2.75) is 24.8 Å². The number of hydrogen-bond donors (Lipinski definition) is 1. The van der Waals surface area contributed by atoms with Crippen molar-refractivity contribution in [3.8, 4) is 0 Å². The summed E-state index contributed by atoms with van der Waals surface area (Å²) >= 11 is 12.5. The molecule has 0 saturated heterocycles. The molecule has 0 radical (unpaired) electrons. The van der Waals surface area contributed by atoms with E-state index in [0.717, 1.165) is 23.4 Å². The Bertz CT molecular complexity index is 790. The van der Waals surface area contributed by atoms with Crippen LogP contribution in [0.5, 0.6) is 0 Å². The van der Waals surface area contributed by atoms with Crippen molar-refractivity contribution in [3.63, 3.8) is 0 Å². The van der Waals surface area contributed by atoms with Crippen LogP contribution in [0.3, 0.4) is 0 Å². The van der Waals surface area contributed by atoms with Crippen LogP contribution in [-0.2, 0) is 16.8 Å². The molecule has 1 fully saturated rings. The minimum atomic E-state index is -0.828. The number of nitrogens with one attached hydrogen (secondary N) is 1. The lowest BCUT2D eigenvalue weighted by atomic mass is 9.84. The number of amides is 1. The molecule has 1 saturated carbocycles. The first-order valence-corrected chi connectivity index (χ1v) is 8.91. The van der Waals surface area contributed by atoms with E-state index >= 15 is 0 Å². The lowest BCUT2D eigenvalue weighted by Crippen LogP contribution is -2.51. The molecule has 2 aromatic rings. The Morgan fingerprint density at radius 2 is 1.96 bits per heavy atom. The molecule has 0 aromatic heterocycles. The zero-order valence-electron chi connectivity index (χ0n) is 13.1. The molecule has 2 aliphatic rings. The summed E-state index contributed by atoms with van der Waals surface area (Å²) in [5, 5.41) is 4.22. The number of fused-ring (bicyclic) bond motifs is 1. The van der Waals surface area contributed by atoms with Gasteiger partial charge in [0.15, 0.2) is 0 Å². The van der Waals surface area contributed by atoms with Gasteiger partial charge in [0.05, 0.1) is 5.69 Å². The van der Waals surface area contributed by atoms with E-state index in [1.165, 1.54) is 17.3 Å². The largest absolute Gasteiger partial charge is 0.299 e. The topological polar surface area (TPSA) is 32.3 Å². The zero-order valence-corrected chi connectivity index (χ0v) is 14.6. The average molecular weight is 361 g/mol. The number of carbonyl (C=O) groups excluding carboxylic acids is 1. The van der Waals surface area contributed by atoms with Crippen molar-refractivity contribution in [2.24, 2.45) is 5.92 Å². The Balaban J connectivity index is 1.77. The fourth-order valence-corrected chi connectivity index (χ4v) is 3.90. The zero-order chi connectivity index (χ0) is 16.7. The quantitative estimate of drug-likeness (QED) is 0.807. The van der Waals surface area contributed by atoms with Gasteiger partial charge in [-0.3, -0.25) is 10.1 Å². The minimum Gasteiger partial charge on any atom is -0.299 e. The number of benzene rings is 2. The Labute approximate surface area is 151 Å². The van der Waals surface area contributed by atoms with Gasteiger partial charge >= 0.3 is 0 Å². The van der Waals surface area contributed by atoms with E-state index < -0.39 is 5.54 Å². The molecule has 1 heterocycles. The summed E-state index contributed by atoms with van der Waals surface area (Å²) in [7, 11) is 0. The van der Waals surface area contributed by atoms with Crippen molar-refractivity contribution in [3.05, 3.63) is 64.7 Å². The van der Waals surface area contributed by atoms with Gasteiger partial charge in [-0.15, -0.1) is 0 Å². The second kappa shape index (κ2) is 6.07. The predicted octanol–water partition coefficient (Wildman–Crippen LogP) is 4.28. The summed E-state index contributed by atoms with van der Waals surface area (Å²) in [6, 6.07) is 15.4. The summed E-state index contributed by atoms with van der Waals surface area (Å²) in [4.78, 5) is 13.1. The van der Waals surface area contributed by atoms with Crippen LogP contribution in [0.15, 0.2) is 48.5 Å². The molecule has 0 bridgehead atoms. The molecule has 124 valence electrons. The van der Waals surface area contributed by atoms with E-state index in [1.807, 2.05) is 48.5 Å². The highest BCUT2D eigenvalue weighted by atomic mass is 35.5. The first kappa shape index (κ1) is 15.9. The number of halogens is 2. The summed E-state index contributed by atoms with van der Waals surface area (Å²) in [6.45, 7) is 0.825. The third-order valence-electron chi connectivity index (χ3n) is 4.87. The SMILES string of the molecule is O=C1N(Cl)c2ccccc2C1(Cc1cccc(Cl)c1)NCC1CC1. The molecule has 3 nitrogen and oxygen atoms in total. The Morgan fingerprint density at radius 1 is 1.17 bits per heavy atom. The van der Waals surface area contributed by atoms with Gasteiger partial charge in [0.2, 0.25) is 0 Å². The smallest absolute Gasteiger partial charge is 0.266 e. The van der Waals surface area contributed by atoms with Crippen LogP contribution < -0.4 is 9.74 Å². The van der Waals surface area contributed by atoms with E-state index in [4.69, 9.17) is 23.4 Å². The molecule has 0 spiro atoms. The van der Waals surface area contributed by atoms with Crippen LogP contribution in [-0.4, -0.2) is 12.5 Å². The molecule has 1 atom stereocenters. The van der Waals surface area contributed by atoms with Gasteiger partial charge in [-0.2, -0.15) is 0 Å². The molecular formula is C19H18Cl2N2O. The monoisotopic (exact) mass is 360 g/mol. The van der Waals surface area contributed by atoms with Crippen LogP contribution in [0.4, 0.5) is 5.69 Å². The number of carbonyl (C=O) groups is 1. The van der Waals surface area contributed by atoms with Crippen molar-refractivity contribution in [2.75, 3.05) is 11.0 Å². The van der Waals surface area contributed by atoms with Gasteiger partial charge in [0.25, 0.3) is 5.91 Å². The molecule has 4 rings (SSSR count). The molecule has 5 heteroatoms. The van der Waals surface area contributed by atoms with Gasteiger partial charge in [0, 0.05) is 28.8 Å². The second-order valence-corrected chi connectivity index (χ2v) is 7.41. The summed E-state index contributed by atoms with van der Waals surface area (Å²) in [5.41, 5.74) is 1.88. The van der Waals surface area contributed by atoms with E-state index in [1.54, 1.807) is 0 Å². The van der Waals surface area contributed by atoms with Crippen molar-refractivity contribution < 1.29 is 4.79 Å². The third kappa shape index (κ3) is 2.71. The van der Waals surface area contributed by atoms with Gasteiger partial charge in [0.1, 0.15) is 5.54 Å². The summed E-state index contributed by atoms with van der Waals surface area (Å²) in [6.07, 6.45) is 2.97. The Kier molecular flexibility index (Phi) is 4.03. The normalized spacial score (nSPS) is 22.8. The molecule has 2 aromatic carbocycles. The number of para-hydroxylation sites is 1. The van der Waals surface area contributed by atoms with Gasteiger partial charge < -0.3 is 0 Å².